The Kier molecular flexibility index (Phi) is 5.88. The number of aryl methyl sites for hydroxylation is 1. The van der Waals surface area contributed by atoms with Crippen LogP contribution in [0.4, 0.5) is 5.69 Å². The molecule has 9 nitrogen and oxygen atoms in total. The summed E-state index contributed by atoms with van der Waals surface area (Å²) in [6, 6.07) is 24.0. The Morgan fingerprint density at radius 2 is 1.62 bits per heavy atom. The van der Waals surface area contributed by atoms with Crippen LogP contribution in [0.3, 0.4) is 0 Å². The van der Waals surface area contributed by atoms with E-state index in [-0.39, 0.29) is 5.69 Å². The van der Waals surface area contributed by atoms with E-state index in [1.165, 1.54) is 23.9 Å². The molecule has 168 valence electrons. The zero-order chi connectivity index (χ0) is 23.5. The van der Waals surface area contributed by atoms with Gasteiger partial charge in [-0.3, -0.25) is 14.7 Å². The molecule has 0 N–H and O–H groups in total. The highest BCUT2D eigenvalue weighted by Crippen LogP contribution is 2.30. The summed E-state index contributed by atoms with van der Waals surface area (Å²) in [5, 5.41) is 28.6. The summed E-state index contributed by atoms with van der Waals surface area (Å²) in [6.45, 7) is 2.04. The Morgan fingerprint density at radius 3 is 2.32 bits per heavy atom. The van der Waals surface area contributed by atoms with Gasteiger partial charge in [-0.1, -0.05) is 59.8 Å². The second-order valence-corrected chi connectivity index (χ2v) is 8.38. The maximum Gasteiger partial charge on any atom is 0.269 e. The van der Waals surface area contributed by atoms with Crippen molar-refractivity contribution in [1.29, 1.82) is 0 Å². The summed E-state index contributed by atoms with van der Waals surface area (Å²) in [4.78, 5) is 10.4. The summed E-state index contributed by atoms with van der Waals surface area (Å²) in [5.74, 6) is 1.84. The monoisotopic (exact) mass is 470 g/mol. The molecule has 5 rings (SSSR count). The molecular formula is C24H18N6O3S. The Morgan fingerprint density at radius 1 is 0.882 bits per heavy atom. The normalized spacial score (nSPS) is 11.0. The van der Waals surface area contributed by atoms with E-state index < -0.39 is 4.92 Å². The number of thioether (sulfide) groups is 1. The maximum absolute atomic E-state index is 10.9. The van der Waals surface area contributed by atoms with E-state index in [9.17, 15) is 10.1 Å². The molecule has 2 aromatic heterocycles. The maximum atomic E-state index is 10.9. The first kappa shape index (κ1) is 21.5. The summed E-state index contributed by atoms with van der Waals surface area (Å²) in [6.07, 6.45) is 0. The van der Waals surface area contributed by atoms with Crippen molar-refractivity contribution in [1.82, 2.24) is 25.0 Å². The van der Waals surface area contributed by atoms with Crippen molar-refractivity contribution in [2.24, 2.45) is 0 Å². The van der Waals surface area contributed by atoms with Gasteiger partial charge in [0.25, 0.3) is 5.69 Å². The first-order valence-corrected chi connectivity index (χ1v) is 11.3. The van der Waals surface area contributed by atoms with E-state index in [1.54, 1.807) is 12.1 Å². The Labute approximate surface area is 198 Å². The molecule has 0 saturated heterocycles. The topological polar surface area (TPSA) is 113 Å². The molecule has 5 aromatic rings. The van der Waals surface area contributed by atoms with E-state index >= 15 is 0 Å². The zero-order valence-corrected chi connectivity index (χ0v) is 18.8. The Bertz CT molecular complexity index is 1430. The van der Waals surface area contributed by atoms with E-state index in [2.05, 4.69) is 20.4 Å². The van der Waals surface area contributed by atoms with Crippen LogP contribution in [-0.2, 0) is 5.75 Å². The molecule has 0 aliphatic carbocycles. The van der Waals surface area contributed by atoms with Crippen LogP contribution in [0.2, 0.25) is 0 Å². The van der Waals surface area contributed by atoms with E-state index in [1.807, 2.05) is 66.1 Å². The molecule has 0 radical (unpaired) electrons. The fourth-order valence-corrected chi connectivity index (χ4v) is 4.13. The lowest BCUT2D eigenvalue weighted by atomic mass is 10.2. The summed E-state index contributed by atoms with van der Waals surface area (Å²) >= 11 is 1.43. The van der Waals surface area contributed by atoms with Crippen molar-refractivity contribution in [3.63, 3.8) is 0 Å². The molecule has 0 aliphatic heterocycles. The average Bonchev–Trinajstić information content (AvgIpc) is 3.51. The molecule has 2 heterocycles. The largest absolute Gasteiger partial charge is 0.420 e. The predicted molar refractivity (Wildman–Crippen MR) is 127 cm³/mol. The lowest BCUT2D eigenvalue weighted by Gasteiger charge is -2.10. The Balaban J connectivity index is 1.40. The van der Waals surface area contributed by atoms with Gasteiger partial charge >= 0.3 is 0 Å². The molecule has 0 amide bonds. The minimum atomic E-state index is -0.451. The van der Waals surface area contributed by atoms with Crippen LogP contribution in [0, 0.1) is 17.0 Å². The number of nitrogens with zero attached hydrogens (tertiary/aromatic N) is 6. The van der Waals surface area contributed by atoms with Crippen LogP contribution in [-0.4, -0.2) is 29.9 Å². The molecule has 0 spiro atoms. The number of hydrogen-bond acceptors (Lipinski definition) is 8. The van der Waals surface area contributed by atoms with Crippen molar-refractivity contribution >= 4 is 17.4 Å². The first-order chi connectivity index (χ1) is 16.6. The number of aromatic nitrogens is 5. The number of rotatable bonds is 7. The molecule has 0 unspecified atom stereocenters. The van der Waals surface area contributed by atoms with Crippen LogP contribution in [0.5, 0.6) is 0 Å². The van der Waals surface area contributed by atoms with Gasteiger partial charge in [0.2, 0.25) is 11.8 Å². The minimum absolute atomic E-state index is 0.00343. The molecular weight excluding hydrogens is 452 g/mol. The Hall–Kier alpha value is -4.31. The van der Waals surface area contributed by atoms with Crippen LogP contribution in [0.1, 0.15) is 11.5 Å². The molecule has 10 heteroatoms. The second-order valence-electron chi connectivity index (χ2n) is 7.44. The molecule has 3 aromatic carbocycles. The lowest BCUT2D eigenvalue weighted by molar-refractivity contribution is -0.384. The SMILES string of the molecule is Cc1ccc(-n2c(SCc3nnc(-c4ccc([N+](=O)[O-])cc4)o3)nnc2-c2ccccc2)cc1. The number of nitro benzene ring substituents is 1. The van der Waals surface area contributed by atoms with E-state index in [0.717, 1.165) is 22.6 Å². The van der Waals surface area contributed by atoms with Gasteiger partial charge in [0, 0.05) is 28.9 Å². The third kappa shape index (κ3) is 4.44. The molecule has 0 saturated carbocycles. The summed E-state index contributed by atoms with van der Waals surface area (Å²) in [5.41, 5.74) is 3.69. The summed E-state index contributed by atoms with van der Waals surface area (Å²) in [7, 11) is 0. The van der Waals surface area contributed by atoms with E-state index in [4.69, 9.17) is 4.42 Å². The molecule has 0 fully saturated rings. The number of nitro groups is 1. The van der Waals surface area contributed by atoms with Gasteiger partial charge in [-0.25, -0.2) is 0 Å². The smallest absolute Gasteiger partial charge is 0.269 e. The minimum Gasteiger partial charge on any atom is -0.420 e. The van der Waals surface area contributed by atoms with Crippen LogP contribution >= 0.6 is 11.8 Å². The van der Waals surface area contributed by atoms with Gasteiger partial charge < -0.3 is 4.42 Å². The average molecular weight is 471 g/mol. The van der Waals surface area contributed by atoms with Crippen molar-refractivity contribution < 1.29 is 9.34 Å². The highest BCUT2D eigenvalue weighted by molar-refractivity contribution is 7.98. The number of hydrogen-bond donors (Lipinski definition) is 0. The van der Waals surface area contributed by atoms with Gasteiger partial charge in [-0.2, -0.15) is 0 Å². The number of benzene rings is 3. The molecule has 0 atom stereocenters. The fraction of sp³-hybridized carbons (Fsp3) is 0.0833. The lowest BCUT2D eigenvalue weighted by Crippen LogP contribution is -2.00. The second kappa shape index (κ2) is 9.28. The third-order valence-electron chi connectivity index (χ3n) is 5.07. The quantitative estimate of drug-likeness (QED) is 0.174. The molecule has 34 heavy (non-hydrogen) atoms. The van der Waals surface area contributed by atoms with Gasteiger partial charge in [-0.15, -0.1) is 20.4 Å². The predicted octanol–water partition coefficient (Wildman–Crippen LogP) is 5.49. The third-order valence-corrected chi connectivity index (χ3v) is 5.99. The molecule has 0 aliphatic rings. The first-order valence-electron chi connectivity index (χ1n) is 10.4. The standard InChI is InChI=1S/C24H18N6O3S/c1-16-7-11-19(12-8-16)29-22(17-5-3-2-4-6-17)26-28-24(29)34-15-21-25-27-23(33-21)18-9-13-20(14-10-18)30(31)32/h2-14H,15H2,1H3. The molecule has 0 bridgehead atoms. The van der Waals surface area contributed by atoms with Crippen LogP contribution < -0.4 is 0 Å². The van der Waals surface area contributed by atoms with Gasteiger partial charge in [0.1, 0.15) is 0 Å². The number of non-ortho nitro benzene ring substituents is 1. The van der Waals surface area contributed by atoms with Crippen LogP contribution in [0.25, 0.3) is 28.5 Å². The van der Waals surface area contributed by atoms with Crippen molar-refractivity contribution in [2.75, 3.05) is 0 Å². The van der Waals surface area contributed by atoms with Crippen LogP contribution in [0.15, 0.2) is 88.4 Å². The van der Waals surface area contributed by atoms with E-state index in [0.29, 0.717) is 28.3 Å². The van der Waals surface area contributed by atoms with Crippen molar-refractivity contribution in [2.45, 2.75) is 17.8 Å². The zero-order valence-electron chi connectivity index (χ0n) is 18.0. The van der Waals surface area contributed by atoms with Crippen molar-refractivity contribution in [3.8, 4) is 28.5 Å². The van der Waals surface area contributed by atoms with Gasteiger partial charge in [0.05, 0.1) is 10.7 Å². The van der Waals surface area contributed by atoms with Gasteiger partial charge in [-0.05, 0) is 31.2 Å². The van der Waals surface area contributed by atoms with Gasteiger partial charge in [0.15, 0.2) is 11.0 Å². The fourth-order valence-electron chi connectivity index (χ4n) is 3.34. The van der Waals surface area contributed by atoms with Crippen molar-refractivity contribution in [3.05, 3.63) is 100 Å². The highest BCUT2D eigenvalue weighted by atomic mass is 32.2. The highest BCUT2D eigenvalue weighted by Gasteiger charge is 2.18. The summed E-state index contributed by atoms with van der Waals surface area (Å²) < 4.78 is 7.78.